The maximum atomic E-state index is 12.4. The van der Waals surface area contributed by atoms with Crippen LogP contribution in [0.25, 0.3) is 0 Å². The first-order valence-electron chi connectivity index (χ1n) is 8.50. The van der Waals surface area contributed by atoms with Crippen LogP contribution in [0.1, 0.15) is 46.0 Å². The molecule has 0 spiro atoms. The van der Waals surface area contributed by atoms with Crippen LogP contribution in [0.15, 0.2) is 42.6 Å². The lowest BCUT2D eigenvalue weighted by atomic mass is 10.0. The standard InChI is InChI=1S/C20H22N2O3/c1-13-8-15(13)10-18(23)16-9-17(19(24)21-2)20(22-11-16)25-12-14-6-4-3-5-7-14/h3-7,9,11,13,15H,8,10,12H2,1-2H3,(H,21,24)/t13-,15+/m0/s1. The van der Waals surface area contributed by atoms with Crippen LogP contribution in [0.3, 0.4) is 0 Å². The predicted molar refractivity (Wildman–Crippen MR) is 94.6 cm³/mol. The van der Waals surface area contributed by atoms with E-state index in [1.807, 2.05) is 30.3 Å². The summed E-state index contributed by atoms with van der Waals surface area (Å²) in [6.07, 6.45) is 3.11. The van der Waals surface area contributed by atoms with Crippen LogP contribution in [-0.4, -0.2) is 23.7 Å². The van der Waals surface area contributed by atoms with Gasteiger partial charge in [-0.1, -0.05) is 37.3 Å². The summed E-state index contributed by atoms with van der Waals surface area (Å²) in [5, 5.41) is 2.58. The van der Waals surface area contributed by atoms with Crippen molar-refractivity contribution < 1.29 is 14.3 Å². The fourth-order valence-corrected chi connectivity index (χ4v) is 2.78. The fraction of sp³-hybridized carbons (Fsp3) is 0.350. The Hall–Kier alpha value is -2.69. The first kappa shape index (κ1) is 17.1. The van der Waals surface area contributed by atoms with Crippen molar-refractivity contribution in [1.82, 2.24) is 10.3 Å². The van der Waals surface area contributed by atoms with Crippen molar-refractivity contribution in [1.29, 1.82) is 0 Å². The van der Waals surface area contributed by atoms with Crippen molar-refractivity contribution in [3.8, 4) is 5.88 Å². The van der Waals surface area contributed by atoms with E-state index < -0.39 is 0 Å². The lowest BCUT2D eigenvalue weighted by molar-refractivity contribution is 0.0957. The van der Waals surface area contributed by atoms with Crippen molar-refractivity contribution in [2.24, 2.45) is 11.8 Å². The second-order valence-corrected chi connectivity index (χ2v) is 6.53. The average Bonchev–Trinajstić information content (AvgIpc) is 3.34. The second-order valence-electron chi connectivity index (χ2n) is 6.53. The molecule has 2 aromatic rings. The van der Waals surface area contributed by atoms with Crippen LogP contribution < -0.4 is 10.1 Å². The van der Waals surface area contributed by atoms with Gasteiger partial charge in [-0.05, 0) is 29.9 Å². The number of ketones is 1. The minimum absolute atomic E-state index is 0.0293. The van der Waals surface area contributed by atoms with Gasteiger partial charge in [-0.15, -0.1) is 0 Å². The number of amides is 1. The highest BCUT2D eigenvalue weighted by Gasteiger charge is 2.34. The van der Waals surface area contributed by atoms with Crippen LogP contribution in [0, 0.1) is 11.8 Å². The molecule has 1 aliphatic rings. The normalized spacial score (nSPS) is 18.5. The van der Waals surface area contributed by atoms with E-state index in [0.29, 0.717) is 30.4 Å². The van der Waals surface area contributed by atoms with Gasteiger partial charge in [0.2, 0.25) is 5.88 Å². The van der Waals surface area contributed by atoms with E-state index in [1.54, 1.807) is 13.1 Å². The van der Waals surface area contributed by atoms with Gasteiger partial charge in [0, 0.05) is 25.2 Å². The molecule has 1 fully saturated rings. The van der Waals surface area contributed by atoms with E-state index in [-0.39, 0.29) is 23.1 Å². The number of nitrogens with zero attached hydrogens (tertiary/aromatic N) is 1. The van der Waals surface area contributed by atoms with Gasteiger partial charge in [0.1, 0.15) is 12.2 Å². The van der Waals surface area contributed by atoms with E-state index in [0.717, 1.165) is 12.0 Å². The van der Waals surface area contributed by atoms with Crippen LogP contribution in [0.5, 0.6) is 5.88 Å². The van der Waals surface area contributed by atoms with E-state index in [1.165, 1.54) is 6.20 Å². The SMILES string of the molecule is CNC(=O)c1cc(C(=O)C[C@H]2C[C@@H]2C)cnc1OCc1ccccc1. The Labute approximate surface area is 147 Å². The Morgan fingerprint density at radius 3 is 2.64 bits per heavy atom. The molecule has 1 aliphatic carbocycles. The molecular weight excluding hydrogens is 316 g/mol. The van der Waals surface area contributed by atoms with E-state index in [4.69, 9.17) is 4.74 Å². The van der Waals surface area contributed by atoms with Crippen molar-refractivity contribution in [3.05, 3.63) is 59.3 Å². The van der Waals surface area contributed by atoms with Crippen molar-refractivity contribution >= 4 is 11.7 Å². The van der Waals surface area contributed by atoms with E-state index >= 15 is 0 Å². The van der Waals surface area contributed by atoms with Crippen LogP contribution in [0.4, 0.5) is 0 Å². The maximum Gasteiger partial charge on any atom is 0.256 e. The molecule has 5 nitrogen and oxygen atoms in total. The Bertz CT molecular complexity index is 774. The van der Waals surface area contributed by atoms with Gasteiger partial charge < -0.3 is 10.1 Å². The number of nitrogens with one attached hydrogen (secondary N) is 1. The second kappa shape index (κ2) is 7.47. The highest BCUT2D eigenvalue weighted by molar-refractivity contribution is 6.01. The highest BCUT2D eigenvalue weighted by Crippen LogP contribution is 2.41. The van der Waals surface area contributed by atoms with Crippen molar-refractivity contribution in [3.63, 3.8) is 0 Å². The smallest absolute Gasteiger partial charge is 0.256 e. The molecule has 0 saturated heterocycles. The van der Waals surface area contributed by atoms with Gasteiger partial charge in [0.25, 0.3) is 5.91 Å². The third kappa shape index (κ3) is 4.24. The zero-order valence-electron chi connectivity index (χ0n) is 14.5. The molecule has 0 radical (unpaired) electrons. The number of carbonyl (C=O) groups is 2. The lowest BCUT2D eigenvalue weighted by Gasteiger charge is -2.11. The summed E-state index contributed by atoms with van der Waals surface area (Å²) in [4.78, 5) is 28.8. The molecule has 2 atom stereocenters. The van der Waals surface area contributed by atoms with Gasteiger partial charge in [0.15, 0.2) is 5.78 Å². The molecule has 25 heavy (non-hydrogen) atoms. The summed E-state index contributed by atoms with van der Waals surface area (Å²) in [6, 6.07) is 11.2. The van der Waals surface area contributed by atoms with Gasteiger partial charge >= 0.3 is 0 Å². The summed E-state index contributed by atoms with van der Waals surface area (Å²) >= 11 is 0. The minimum atomic E-state index is -0.315. The topological polar surface area (TPSA) is 68.3 Å². The van der Waals surface area contributed by atoms with E-state index in [9.17, 15) is 9.59 Å². The van der Waals surface area contributed by atoms with Gasteiger partial charge in [0.05, 0.1) is 0 Å². The average molecular weight is 338 g/mol. The molecule has 130 valence electrons. The maximum absolute atomic E-state index is 12.4. The van der Waals surface area contributed by atoms with Crippen molar-refractivity contribution in [2.45, 2.75) is 26.4 Å². The summed E-state index contributed by atoms with van der Waals surface area (Å²) < 4.78 is 5.71. The number of Topliss-reactive ketones (excluding diaryl/α,β-unsaturated/α-hetero) is 1. The molecule has 1 heterocycles. The number of ether oxygens (including phenoxy) is 1. The predicted octanol–water partition coefficient (Wildman–Crippen LogP) is 3.25. The van der Waals surface area contributed by atoms with Gasteiger partial charge in [-0.2, -0.15) is 0 Å². The molecule has 5 heteroatoms. The van der Waals surface area contributed by atoms with Crippen LogP contribution in [0.2, 0.25) is 0 Å². The number of aromatic nitrogens is 1. The molecule has 0 bridgehead atoms. The molecule has 1 saturated carbocycles. The molecule has 1 N–H and O–H groups in total. The Kier molecular flexibility index (Phi) is 5.12. The zero-order valence-corrected chi connectivity index (χ0v) is 14.5. The Morgan fingerprint density at radius 2 is 2.00 bits per heavy atom. The fourth-order valence-electron chi connectivity index (χ4n) is 2.78. The number of rotatable bonds is 7. The third-order valence-electron chi connectivity index (χ3n) is 4.59. The number of carbonyl (C=O) groups excluding carboxylic acids is 2. The summed E-state index contributed by atoms with van der Waals surface area (Å²) in [6.45, 7) is 2.46. The van der Waals surface area contributed by atoms with Crippen LogP contribution >= 0.6 is 0 Å². The summed E-state index contributed by atoms with van der Waals surface area (Å²) in [5.74, 6) is 1.03. The zero-order chi connectivity index (χ0) is 17.8. The summed E-state index contributed by atoms with van der Waals surface area (Å²) in [5.41, 5.74) is 1.73. The van der Waals surface area contributed by atoms with Gasteiger partial charge in [-0.25, -0.2) is 4.98 Å². The Morgan fingerprint density at radius 1 is 1.28 bits per heavy atom. The number of pyridine rings is 1. The molecule has 0 unspecified atom stereocenters. The van der Waals surface area contributed by atoms with Gasteiger partial charge in [-0.3, -0.25) is 9.59 Å². The first-order chi connectivity index (χ1) is 12.1. The monoisotopic (exact) mass is 338 g/mol. The van der Waals surface area contributed by atoms with E-state index in [2.05, 4.69) is 17.2 Å². The molecule has 0 aliphatic heterocycles. The third-order valence-corrected chi connectivity index (χ3v) is 4.59. The quantitative estimate of drug-likeness (QED) is 0.787. The number of hydrogen-bond acceptors (Lipinski definition) is 4. The van der Waals surface area contributed by atoms with Crippen LogP contribution in [-0.2, 0) is 6.61 Å². The summed E-state index contributed by atoms with van der Waals surface area (Å²) in [7, 11) is 1.55. The molecule has 3 rings (SSSR count). The Balaban J connectivity index is 1.77. The lowest BCUT2D eigenvalue weighted by Crippen LogP contribution is -2.20. The first-order valence-corrected chi connectivity index (χ1v) is 8.50. The van der Waals surface area contributed by atoms with Crippen molar-refractivity contribution in [2.75, 3.05) is 7.05 Å². The number of hydrogen-bond donors (Lipinski definition) is 1. The number of benzene rings is 1. The highest BCUT2D eigenvalue weighted by atomic mass is 16.5. The molecule has 1 aromatic heterocycles. The largest absolute Gasteiger partial charge is 0.472 e. The minimum Gasteiger partial charge on any atom is -0.472 e. The molecular formula is C20H22N2O3. The molecule has 1 amide bonds. The molecule has 1 aromatic carbocycles.